The number of hydrogen-bond acceptors (Lipinski definition) is 9. The summed E-state index contributed by atoms with van der Waals surface area (Å²) in [7, 11) is -4.17. The normalized spacial score (nSPS) is 26.8. The van der Waals surface area contributed by atoms with Crippen LogP contribution in [0.25, 0.3) is 0 Å². The van der Waals surface area contributed by atoms with Crippen LogP contribution in [0.5, 0.6) is 5.75 Å². The van der Waals surface area contributed by atoms with Crippen molar-refractivity contribution in [2.45, 2.75) is 64.4 Å². The second-order valence-corrected chi connectivity index (χ2v) is 10.8. The fraction of sp³-hybridized carbons (Fsp3) is 0.478. The van der Waals surface area contributed by atoms with Gasteiger partial charge in [-0.2, -0.15) is 5.09 Å². The maximum Gasteiger partial charge on any atom is 0.459 e. The number of thiocarbonyl (C=S) groups is 1. The fourth-order valence-electron chi connectivity index (χ4n) is 3.43. The lowest BCUT2D eigenvalue weighted by Gasteiger charge is -2.34. The Morgan fingerprint density at radius 3 is 2.58 bits per heavy atom. The van der Waals surface area contributed by atoms with Gasteiger partial charge in [0.2, 0.25) is 0 Å². The Morgan fingerprint density at radius 2 is 1.94 bits per heavy atom. The number of nitrogens with zero attached hydrogens (tertiary/aromatic N) is 1. The van der Waals surface area contributed by atoms with Gasteiger partial charge in [0, 0.05) is 11.9 Å². The van der Waals surface area contributed by atoms with E-state index in [2.05, 4.69) is 17.0 Å². The van der Waals surface area contributed by atoms with Gasteiger partial charge in [0.25, 0.3) is 0 Å². The third-order valence-electron chi connectivity index (χ3n) is 5.35. The SMILES string of the molecule is C=C1NC(=S)N([C@H]2OC(COP(=O)(N[C@@H](C)C(=O)OC(C)C)Oc3ccccc3)[C@@H](O)C2O)C=C1C. The van der Waals surface area contributed by atoms with Crippen molar-refractivity contribution in [3.63, 3.8) is 0 Å². The van der Waals surface area contributed by atoms with Crippen molar-refractivity contribution >= 4 is 31.0 Å². The van der Waals surface area contributed by atoms with E-state index in [9.17, 15) is 19.6 Å². The van der Waals surface area contributed by atoms with E-state index in [4.69, 9.17) is 30.7 Å². The molecular weight excluding hydrogens is 509 g/mol. The molecule has 2 heterocycles. The maximum absolute atomic E-state index is 13.6. The highest BCUT2D eigenvalue weighted by Gasteiger charge is 2.47. The Morgan fingerprint density at radius 1 is 1.28 bits per heavy atom. The van der Waals surface area contributed by atoms with Crippen LogP contribution < -0.4 is 14.9 Å². The van der Waals surface area contributed by atoms with Crippen molar-refractivity contribution in [3.8, 4) is 5.75 Å². The predicted molar refractivity (Wildman–Crippen MR) is 136 cm³/mol. The molecule has 6 atom stereocenters. The number of esters is 1. The van der Waals surface area contributed by atoms with Gasteiger partial charge in [0.15, 0.2) is 11.3 Å². The lowest BCUT2D eigenvalue weighted by atomic mass is 10.1. The molecular formula is C23H32N3O8PS. The minimum atomic E-state index is -4.17. The van der Waals surface area contributed by atoms with Crippen LogP contribution in [0, 0.1) is 0 Å². The summed E-state index contributed by atoms with van der Waals surface area (Å²) in [6.45, 7) is 10.1. The highest BCUT2D eigenvalue weighted by molar-refractivity contribution is 7.80. The zero-order valence-electron chi connectivity index (χ0n) is 20.5. The van der Waals surface area contributed by atoms with Crippen LogP contribution in [0.4, 0.5) is 0 Å². The summed E-state index contributed by atoms with van der Waals surface area (Å²) >= 11 is 5.31. The van der Waals surface area contributed by atoms with Crippen molar-refractivity contribution in [2.75, 3.05) is 6.61 Å². The largest absolute Gasteiger partial charge is 0.462 e. The second kappa shape index (κ2) is 11.8. The molecule has 13 heteroatoms. The van der Waals surface area contributed by atoms with Gasteiger partial charge in [-0.25, -0.2) is 4.57 Å². The van der Waals surface area contributed by atoms with Gasteiger partial charge in [-0.15, -0.1) is 0 Å². The van der Waals surface area contributed by atoms with Crippen LogP contribution in [0.2, 0.25) is 0 Å². The summed E-state index contributed by atoms with van der Waals surface area (Å²) in [4.78, 5) is 13.8. The summed E-state index contributed by atoms with van der Waals surface area (Å²) in [5.74, 6) is -0.415. The van der Waals surface area contributed by atoms with E-state index in [1.54, 1.807) is 57.3 Å². The molecule has 36 heavy (non-hydrogen) atoms. The molecule has 0 amide bonds. The number of carbonyl (C=O) groups is 1. The van der Waals surface area contributed by atoms with E-state index in [1.165, 1.54) is 11.8 Å². The first-order valence-electron chi connectivity index (χ1n) is 11.4. The van der Waals surface area contributed by atoms with Crippen LogP contribution >= 0.6 is 20.0 Å². The minimum Gasteiger partial charge on any atom is -0.462 e. The molecule has 1 saturated heterocycles. The highest BCUT2D eigenvalue weighted by Crippen LogP contribution is 2.45. The molecule has 0 saturated carbocycles. The van der Waals surface area contributed by atoms with Gasteiger partial charge >= 0.3 is 13.7 Å². The molecule has 198 valence electrons. The van der Waals surface area contributed by atoms with E-state index < -0.39 is 50.9 Å². The van der Waals surface area contributed by atoms with E-state index in [0.717, 1.165) is 5.57 Å². The monoisotopic (exact) mass is 541 g/mol. The second-order valence-electron chi connectivity index (χ2n) is 8.71. The number of hydrogen-bond donors (Lipinski definition) is 4. The van der Waals surface area contributed by atoms with Crippen LogP contribution in [0.3, 0.4) is 0 Å². The van der Waals surface area contributed by atoms with Crippen molar-refractivity contribution in [2.24, 2.45) is 0 Å². The highest BCUT2D eigenvalue weighted by atomic mass is 32.1. The third kappa shape index (κ3) is 6.92. The van der Waals surface area contributed by atoms with Gasteiger partial charge in [-0.05, 0) is 57.6 Å². The molecule has 0 aliphatic carbocycles. The van der Waals surface area contributed by atoms with E-state index in [-0.39, 0.29) is 17.0 Å². The molecule has 0 radical (unpaired) electrons. The first kappa shape index (κ1) is 28.3. The smallest absolute Gasteiger partial charge is 0.459 e. The zero-order chi connectivity index (χ0) is 26.6. The van der Waals surface area contributed by atoms with Crippen molar-refractivity contribution in [3.05, 3.63) is 54.4 Å². The van der Waals surface area contributed by atoms with Crippen molar-refractivity contribution < 1.29 is 38.1 Å². The van der Waals surface area contributed by atoms with Gasteiger partial charge in [0.1, 0.15) is 30.1 Å². The summed E-state index contributed by atoms with van der Waals surface area (Å²) in [5.41, 5.74) is 1.38. The van der Waals surface area contributed by atoms with Crippen molar-refractivity contribution in [1.29, 1.82) is 0 Å². The standard InChI is InChI=1S/C23H32N3O8PS/c1-13(2)32-22(29)16(5)25-35(30,34-17-9-7-6-8-10-17)31-12-18-19(27)20(28)21(33-18)26-11-14(3)15(4)24-23(26)36/h6-11,13,16,18-21,27-28H,4,12H2,1-3,5H3,(H,24,36)(H,25,30)/t16-,18?,19+,20?,21-,35?/m0/s1. The molecule has 2 aliphatic rings. The molecule has 1 aromatic rings. The first-order valence-corrected chi connectivity index (χ1v) is 13.3. The molecule has 0 bridgehead atoms. The first-order chi connectivity index (χ1) is 16.9. The lowest BCUT2D eigenvalue weighted by molar-refractivity contribution is -0.149. The number of allylic oxidation sites excluding steroid dienone is 1. The minimum absolute atomic E-state index is 0.231. The number of carbonyl (C=O) groups excluding carboxylic acids is 1. The summed E-state index contributed by atoms with van der Waals surface area (Å²) < 4.78 is 35.8. The van der Waals surface area contributed by atoms with E-state index in [0.29, 0.717) is 5.70 Å². The Balaban J connectivity index is 1.73. The number of aliphatic hydroxyl groups is 2. The van der Waals surface area contributed by atoms with Gasteiger partial charge in [0.05, 0.1) is 12.7 Å². The number of aliphatic hydroxyl groups excluding tert-OH is 2. The molecule has 0 spiro atoms. The molecule has 0 aromatic heterocycles. The Hall–Kier alpha value is -2.31. The van der Waals surface area contributed by atoms with Crippen LogP contribution in [-0.2, 0) is 23.4 Å². The number of para-hydroxylation sites is 1. The van der Waals surface area contributed by atoms with Crippen LogP contribution in [-0.4, -0.2) is 69.5 Å². The summed E-state index contributed by atoms with van der Waals surface area (Å²) in [5, 5.41) is 26.9. The average molecular weight is 542 g/mol. The maximum atomic E-state index is 13.6. The van der Waals surface area contributed by atoms with Gasteiger partial charge in [-0.1, -0.05) is 24.8 Å². The fourth-order valence-corrected chi connectivity index (χ4v) is 5.21. The molecule has 1 aromatic carbocycles. The topological polar surface area (TPSA) is 139 Å². The van der Waals surface area contributed by atoms with Gasteiger partial charge in [-0.3, -0.25) is 14.2 Å². The van der Waals surface area contributed by atoms with Crippen LogP contribution in [0.1, 0.15) is 27.7 Å². The molecule has 3 unspecified atom stereocenters. The predicted octanol–water partition coefficient (Wildman–Crippen LogP) is 2.17. The van der Waals surface area contributed by atoms with Crippen LogP contribution in [0.15, 0.2) is 54.4 Å². The lowest BCUT2D eigenvalue weighted by Crippen LogP contribution is -2.50. The summed E-state index contributed by atoms with van der Waals surface area (Å²) in [6.07, 6.45) is -3.57. The van der Waals surface area contributed by atoms with Crippen molar-refractivity contribution in [1.82, 2.24) is 15.3 Å². The number of rotatable bonds is 10. The molecule has 4 N–H and O–H groups in total. The molecule has 2 aliphatic heterocycles. The molecule has 11 nitrogen and oxygen atoms in total. The number of nitrogens with one attached hydrogen (secondary N) is 2. The number of benzene rings is 1. The van der Waals surface area contributed by atoms with Gasteiger partial charge < -0.3 is 29.5 Å². The molecule has 1 fully saturated rings. The average Bonchev–Trinajstić information content (AvgIpc) is 3.08. The Kier molecular flexibility index (Phi) is 9.28. The zero-order valence-corrected chi connectivity index (χ0v) is 22.2. The third-order valence-corrected chi connectivity index (χ3v) is 7.30. The van der Waals surface area contributed by atoms with E-state index in [1.807, 2.05) is 0 Å². The Bertz CT molecular complexity index is 1050. The Labute approximate surface area is 215 Å². The number of ether oxygens (including phenoxy) is 2. The molecule has 3 rings (SSSR count). The summed E-state index contributed by atoms with van der Waals surface area (Å²) in [6, 6.07) is 7.23. The quantitative estimate of drug-likeness (QED) is 0.196. The van der Waals surface area contributed by atoms with E-state index >= 15 is 0 Å².